The largest absolute Gasteiger partial charge is 0.351 e. The third kappa shape index (κ3) is 2.69. The van der Waals surface area contributed by atoms with Gasteiger partial charge in [0.2, 0.25) is 5.91 Å². The van der Waals surface area contributed by atoms with Crippen LogP contribution in [0.15, 0.2) is 6.07 Å². The highest BCUT2D eigenvalue weighted by molar-refractivity contribution is 7.12. The van der Waals surface area contributed by atoms with Crippen LogP contribution >= 0.6 is 11.3 Å². The van der Waals surface area contributed by atoms with Gasteiger partial charge in [0.25, 0.3) is 0 Å². The number of nitrogens with one attached hydrogen (secondary N) is 2. The van der Waals surface area contributed by atoms with E-state index in [-0.39, 0.29) is 11.3 Å². The first-order valence-electron chi connectivity index (χ1n) is 6.06. The molecule has 94 valence electrons. The summed E-state index contributed by atoms with van der Waals surface area (Å²) in [6.45, 7) is 8.66. The van der Waals surface area contributed by atoms with E-state index in [0.717, 1.165) is 19.5 Å². The number of rotatable bonds is 3. The zero-order chi connectivity index (χ0) is 12.5. The van der Waals surface area contributed by atoms with Crippen LogP contribution in [0.1, 0.15) is 28.7 Å². The minimum absolute atomic E-state index is 0.172. The van der Waals surface area contributed by atoms with E-state index >= 15 is 0 Å². The minimum Gasteiger partial charge on any atom is -0.351 e. The third-order valence-corrected chi connectivity index (χ3v) is 4.71. The van der Waals surface area contributed by atoms with Crippen LogP contribution < -0.4 is 10.6 Å². The number of thiophene rings is 1. The summed E-state index contributed by atoms with van der Waals surface area (Å²) in [6.07, 6.45) is 0.932. The van der Waals surface area contributed by atoms with Crippen LogP contribution in [0.5, 0.6) is 0 Å². The van der Waals surface area contributed by atoms with Crippen molar-refractivity contribution < 1.29 is 4.79 Å². The van der Waals surface area contributed by atoms with E-state index in [0.29, 0.717) is 6.54 Å². The Morgan fingerprint density at radius 3 is 2.88 bits per heavy atom. The molecule has 2 rings (SSSR count). The summed E-state index contributed by atoms with van der Waals surface area (Å²) in [4.78, 5) is 14.7. The molecule has 1 aromatic heterocycles. The van der Waals surface area contributed by atoms with E-state index in [2.05, 4.69) is 30.5 Å². The van der Waals surface area contributed by atoms with Crippen molar-refractivity contribution in [3.8, 4) is 0 Å². The van der Waals surface area contributed by atoms with Crippen LogP contribution in [0.4, 0.5) is 0 Å². The fourth-order valence-electron chi connectivity index (χ4n) is 2.13. The molecule has 4 heteroatoms. The molecule has 2 heterocycles. The normalized spacial score (nSPS) is 23.9. The van der Waals surface area contributed by atoms with Crippen molar-refractivity contribution in [2.45, 2.75) is 33.7 Å². The average Bonchev–Trinajstić information content (AvgIpc) is 2.85. The fourth-order valence-corrected chi connectivity index (χ4v) is 3.12. The topological polar surface area (TPSA) is 41.1 Å². The monoisotopic (exact) mass is 252 g/mol. The van der Waals surface area contributed by atoms with Crippen LogP contribution in [0.3, 0.4) is 0 Å². The van der Waals surface area contributed by atoms with Gasteiger partial charge >= 0.3 is 0 Å². The van der Waals surface area contributed by atoms with Crippen molar-refractivity contribution in [3.05, 3.63) is 21.4 Å². The van der Waals surface area contributed by atoms with E-state index < -0.39 is 0 Å². The molecule has 0 bridgehead atoms. The first-order chi connectivity index (χ1) is 8.01. The lowest BCUT2D eigenvalue weighted by Crippen LogP contribution is -2.39. The second-order valence-corrected chi connectivity index (χ2v) is 6.46. The fraction of sp³-hybridized carbons (Fsp3) is 0.615. The molecule has 17 heavy (non-hydrogen) atoms. The van der Waals surface area contributed by atoms with E-state index in [1.54, 1.807) is 11.3 Å². The minimum atomic E-state index is -0.221. The smallest absolute Gasteiger partial charge is 0.227 e. The second-order valence-electron chi connectivity index (χ2n) is 5.12. The molecule has 0 aliphatic carbocycles. The molecule has 0 spiro atoms. The molecule has 1 aliphatic rings. The van der Waals surface area contributed by atoms with Crippen molar-refractivity contribution in [2.75, 3.05) is 13.1 Å². The lowest BCUT2D eigenvalue weighted by Gasteiger charge is -2.21. The SMILES string of the molecule is Cc1cc(CNC(=O)C2(C)CCNC2)sc1C. The number of amides is 1. The van der Waals surface area contributed by atoms with Crippen molar-refractivity contribution in [1.29, 1.82) is 0 Å². The van der Waals surface area contributed by atoms with E-state index in [1.807, 2.05) is 6.92 Å². The number of carbonyl (C=O) groups is 1. The molecule has 1 unspecified atom stereocenters. The quantitative estimate of drug-likeness (QED) is 0.863. The van der Waals surface area contributed by atoms with Gasteiger partial charge in [-0.05, 0) is 45.4 Å². The maximum Gasteiger partial charge on any atom is 0.227 e. The van der Waals surface area contributed by atoms with Crippen molar-refractivity contribution in [1.82, 2.24) is 10.6 Å². The lowest BCUT2D eigenvalue weighted by molar-refractivity contribution is -0.129. The van der Waals surface area contributed by atoms with Gasteiger partial charge in [-0.25, -0.2) is 0 Å². The third-order valence-electron chi connectivity index (χ3n) is 3.56. The number of hydrogen-bond donors (Lipinski definition) is 2. The summed E-state index contributed by atoms with van der Waals surface area (Å²) in [5.41, 5.74) is 1.09. The summed E-state index contributed by atoms with van der Waals surface area (Å²) >= 11 is 1.77. The Bertz CT molecular complexity index is 400. The van der Waals surface area contributed by atoms with Crippen LogP contribution in [0, 0.1) is 19.3 Å². The first-order valence-corrected chi connectivity index (χ1v) is 6.88. The molecule has 1 aliphatic heterocycles. The Morgan fingerprint density at radius 1 is 1.59 bits per heavy atom. The van der Waals surface area contributed by atoms with Crippen LogP contribution in [-0.4, -0.2) is 19.0 Å². The first kappa shape index (κ1) is 12.6. The summed E-state index contributed by atoms with van der Waals surface area (Å²) in [6, 6.07) is 2.16. The van der Waals surface area contributed by atoms with Gasteiger partial charge in [-0.15, -0.1) is 11.3 Å². The van der Waals surface area contributed by atoms with Crippen LogP contribution in [0.25, 0.3) is 0 Å². The summed E-state index contributed by atoms with van der Waals surface area (Å²) in [7, 11) is 0. The zero-order valence-corrected chi connectivity index (χ0v) is 11.5. The lowest BCUT2D eigenvalue weighted by atomic mass is 9.89. The van der Waals surface area contributed by atoms with Gasteiger partial charge in [0.15, 0.2) is 0 Å². The average molecular weight is 252 g/mol. The Balaban J connectivity index is 1.92. The van der Waals surface area contributed by atoms with Crippen LogP contribution in [0.2, 0.25) is 0 Å². The Labute approximate surface area is 107 Å². The molecule has 1 amide bonds. The Kier molecular flexibility index (Phi) is 3.54. The van der Waals surface area contributed by atoms with Gasteiger partial charge in [-0.3, -0.25) is 4.79 Å². The van der Waals surface area contributed by atoms with Crippen molar-refractivity contribution >= 4 is 17.2 Å². The molecule has 2 N–H and O–H groups in total. The van der Waals surface area contributed by atoms with Gasteiger partial charge in [-0.1, -0.05) is 0 Å². The van der Waals surface area contributed by atoms with E-state index in [4.69, 9.17) is 0 Å². The molecule has 1 fully saturated rings. The van der Waals surface area contributed by atoms with Crippen LogP contribution in [-0.2, 0) is 11.3 Å². The predicted molar refractivity (Wildman–Crippen MR) is 71.2 cm³/mol. The summed E-state index contributed by atoms with van der Waals surface area (Å²) in [5, 5.41) is 6.30. The molecule has 0 radical (unpaired) electrons. The number of hydrogen-bond acceptors (Lipinski definition) is 3. The van der Waals surface area contributed by atoms with Gasteiger partial charge < -0.3 is 10.6 Å². The molecule has 0 saturated carbocycles. The molecule has 1 saturated heterocycles. The maximum absolute atomic E-state index is 12.1. The van der Waals surface area contributed by atoms with Gasteiger partial charge in [-0.2, -0.15) is 0 Å². The molecule has 1 aromatic rings. The van der Waals surface area contributed by atoms with Gasteiger partial charge in [0, 0.05) is 16.3 Å². The van der Waals surface area contributed by atoms with E-state index in [1.165, 1.54) is 15.3 Å². The molecular formula is C13H20N2OS. The van der Waals surface area contributed by atoms with E-state index in [9.17, 15) is 4.79 Å². The summed E-state index contributed by atoms with van der Waals surface area (Å²) < 4.78 is 0. The number of aryl methyl sites for hydroxylation is 2. The highest BCUT2D eigenvalue weighted by Crippen LogP contribution is 2.25. The van der Waals surface area contributed by atoms with Gasteiger partial charge in [0.1, 0.15) is 0 Å². The van der Waals surface area contributed by atoms with Gasteiger partial charge in [0.05, 0.1) is 12.0 Å². The zero-order valence-electron chi connectivity index (χ0n) is 10.7. The summed E-state index contributed by atoms with van der Waals surface area (Å²) in [5.74, 6) is 0.172. The van der Waals surface area contributed by atoms with Crippen molar-refractivity contribution in [3.63, 3.8) is 0 Å². The number of carbonyl (C=O) groups excluding carboxylic acids is 1. The predicted octanol–water partition coefficient (Wildman–Crippen LogP) is 1.98. The molecule has 1 atom stereocenters. The molecular weight excluding hydrogens is 232 g/mol. The Morgan fingerprint density at radius 2 is 2.35 bits per heavy atom. The standard InChI is InChI=1S/C13H20N2OS/c1-9-6-11(17-10(9)2)7-15-12(16)13(3)4-5-14-8-13/h6,14H,4-5,7-8H2,1-3H3,(H,15,16). The Hall–Kier alpha value is -0.870. The molecule has 0 aromatic carbocycles. The second kappa shape index (κ2) is 4.78. The molecule has 3 nitrogen and oxygen atoms in total. The highest BCUT2D eigenvalue weighted by atomic mass is 32.1. The highest BCUT2D eigenvalue weighted by Gasteiger charge is 2.35. The maximum atomic E-state index is 12.1. The van der Waals surface area contributed by atoms with Crippen molar-refractivity contribution in [2.24, 2.45) is 5.41 Å².